The minimum absolute atomic E-state index is 0.254. The van der Waals surface area contributed by atoms with Gasteiger partial charge < -0.3 is 4.74 Å². The summed E-state index contributed by atoms with van der Waals surface area (Å²) in [4.78, 5) is 11.7. The lowest BCUT2D eigenvalue weighted by Gasteiger charge is -2.62. The smallest absolute Gasteiger partial charge is 0.333 e. The molecule has 0 radical (unpaired) electrons. The third-order valence-corrected chi connectivity index (χ3v) is 6.67. The number of nitriles is 1. The van der Waals surface area contributed by atoms with Crippen LogP contribution in [0.5, 0.6) is 0 Å². The standard InChI is InChI=1S/C20H29NO2/c1-14(2)19(22)23-8-6-20-12-15-9-16(13-20)11-17(10-15)18(20)5-3-4-7-21/h15-18H,1,3-6,8-13H2,2H3. The summed E-state index contributed by atoms with van der Waals surface area (Å²) in [6, 6.07) is 2.29. The Labute approximate surface area is 140 Å². The van der Waals surface area contributed by atoms with Crippen LogP contribution in [0, 0.1) is 40.4 Å². The van der Waals surface area contributed by atoms with Crippen LogP contribution in [0.25, 0.3) is 0 Å². The van der Waals surface area contributed by atoms with Gasteiger partial charge in [0.25, 0.3) is 0 Å². The molecular weight excluding hydrogens is 286 g/mol. The Morgan fingerprint density at radius 3 is 2.61 bits per heavy atom. The number of hydrogen-bond acceptors (Lipinski definition) is 3. The summed E-state index contributed by atoms with van der Waals surface area (Å²) in [5, 5.41) is 8.85. The van der Waals surface area contributed by atoms with Crippen LogP contribution in [0.1, 0.15) is 64.7 Å². The molecule has 4 aliphatic rings. The second-order valence-electron chi connectivity index (χ2n) is 8.29. The van der Waals surface area contributed by atoms with Crippen LogP contribution in [-0.2, 0) is 9.53 Å². The Bertz CT molecular complexity index is 504. The van der Waals surface area contributed by atoms with Crippen LogP contribution in [0.2, 0.25) is 0 Å². The molecule has 0 aliphatic heterocycles. The molecule has 4 bridgehead atoms. The maximum atomic E-state index is 11.7. The lowest BCUT2D eigenvalue weighted by molar-refractivity contribution is -0.146. The highest BCUT2D eigenvalue weighted by Crippen LogP contribution is 2.65. The lowest BCUT2D eigenvalue weighted by atomic mass is 9.43. The number of carbonyl (C=O) groups excluding carboxylic acids is 1. The predicted molar refractivity (Wildman–Crippen MR) is 89.3 cm³/mol. The molecule has 0 aromatic heterocycles. The second-order valence-corrected chi connectivity index (χ2v) is 8.29. The van der Waals surface area contributed by atoms with E-state index in [1.54, 1.807) is 6.92 Å². The van der Waals surface area contributed by atoms with Gasteiger partial charge in [0.1, 0.15) is 0 Å². The van der Waals surface area contributed by atoms with Crippen LogP contribution in [-0.4, -0.2) is 12.6 Å². The highest BCUT2D eigenvalue weighted by Gasteiger charge is 2.56. The van der Waals surface area contributed by atoms with Crippen LogP contribution >= 0.6 is 0 Å². The molecule has 3 heteroatoms. The molecule has 3 atom stereocenters. The SMILES string of the molecule is C=C(C)C(=O)OCCC12CC3CC(CC(C3)C1CCCC#N)C2. The molecule has 0 heterocycles. The molecule has 0 N–H and O–H groups in total. The zero-order valence-electron chi connectivity index (χ0n) is 14.4. The number of rotatable bonds is 7. The van der Waals surface area contributed by atoms with Gasteiger partial charge in [-0.1, -0.05) is 6.58 Å². The molecule has 0 aromatic carbocycles. The zero-order valence-corrected chi connectivity index (χ0v) is 14.4. The molecule has 0 aromatic rings. The first-order chi connectivity index (χ1) is 11.0. The van der Waals surface area contributed by atoms with Crippen LogP contribution in [0.15, 0.2) is 12.2 Å². The topological polar surface area (TPSA) is 50.1 Å². The summed E-state index contributed by atoms with van der Waals surface area (Å²) in [6.07, 6.45) is 10.8. The van der Waals surface area contributed by atoms with Crippen molar-refractivity contribution in [3.63, 3.8) is 0 Å². The highest BCUT2D eigenvalue weighted by molar-refractivity contribution is 5.86. The Balaban J connectivity index is 1.66. The number of hydrogen-bond donors (Lipinski definition) is 0. The van der Waals surface area contributed by atoms with Crippen molar-refractivity contribution in [2.24, 2.45) is 29.1 Å². The van der Waals surface area contributed by atoms with E-state index in [0.29, 0.717) is 24.0 Å². The molecule has 0 saturated heterocycles. The van der Waals surface area contributed by atoms with E-state index in [-0.39, 0.29) is 5.97 Å². The fourth-order valence-corrected chi connectivity index (χ4v) is 6.12. The van der Waals surface area contributed by atoms with Gasteiger partial charge in [0.05, 0.1) is 12.7 Å². The molecule has 3 unspecified atom stereocenters. The minimum Gasteiger partial charge on any atom is -0.462 e. The second kappa shape index (κ2) is 6.67. The number of ether oxygens (including phenoxy) is 1. The quantitative estimate of drug-likeness (QED) is 0.391. The summed E-state index contributed by atoms with van der Waals surface area (Å²) in [5.74, 6) is 3.15. The Morgan fingerprint density at radius 1 is 1.30 bits per heavy atom. The molecule has 4 aliphatic carbocycles. The first-order valence-corrected chi connectivity index (χ1v) is 9.23. The van der Waals surface area contributed by atoms with Crippen molar-refractivity contribution in [3.8, 4) is 6.07 Å². The Hall–Kier alpha value is -1.30. The lowest BCUT2D eigenvalue weighted by Crippen LogP contribution is -2.53. The van der Waals surface area contributed by atoms with Crippen LogP contribution < -0.4 is 0 Å². The monoisotopic (exact) mass is 315 g/mol. The maximum Gasteiger partial charge on any atom is 0.333 e. The van der Waals surface area contributed by atoms with Crippen LogP contribution in [0.4, 0.5) is 0 Å². The van der Waals surface area contributed by atoms with Crippen molar-refractivity contribution in [1.82, 2.24) is 0 Å². The summed E-state index contributed by atoms with van der Waals surface area (Å²) in [6.45, 7) is 5.90. The van der Waals surface area contributed by atoms with Gasteiger partial charge in [-0.25, -0.2) is 4.79 Å². The van der Waals surface area contributed by atoms with E-state index in [1.807, 2.05) is 0 Å². The molecule has 126 valence electrons. The molecule has 3 nitrogen and oxygen atoms in total. The fraction of sp³-hybridized carbons (Fsp3) is 0.800. The summed E-state index contributed by atoms with van der Waals surface area (Å²) in [5.41, 5.74) is 0.862. The minimum atomic E-state index is -0.254. The van der Waals surface area contributed by atoms with E-state index in [0.717, 1.165) is 36.5 Å². The van der Waals surface area contributed by atoms with Gasteiger partial charge >= 0.3 is 5.97 Å². The van der Waals surface area contributed by atoms with Crippen LogP contribution in [0.3, 0.4) is 0 Å². The zero-order chi connectivity index (χ0) is 16.4. The van der Waals surface area contributed by atoms with Crippen molar-refractivity contribution in [1.29, 1.82) is 5.26 Å². The van der Waals surface area contributed by atoms with E-state index in [2.05, 4.69) is 12.6 Å². The largest absolute Gasteiger partial charge is 0.462 e. The van der Waals surface area contributed by atoms with Crippen molar-refractivity contribution in [2.45, 2.75) is 64.7 Å². The van der Waals surface area contributed by atoms with Gasteiger partial charge in [-0.3, -0.25) is 0 Å². The average Bonchev–Trinajstić information content (AvgIpc) is 2.49. The Kier molecular flexibility index (Phi) is 4.80. The number of carbonyl (C=O) groups is 1. The van der Waals surface area contributed by atoms with Crippen molar-refractivity contribution in [3.05, 3.63) is 12.2 Å². The Morgan fingerprint density at radius 2 is 2.00 bits per heavy atom. The molecule has 4 rings (SSSR count). The predicted octanol–water partition coefficient (Wildman–Crippen LogP) is 4.63. The van der Waals surface area contributed by atoms with Crippen molar-refractivity contribution < 1.29 is 9.53 Å². The van der Waals surface area contributed by atoms with Crippen molar-refractivity contribution in [2.75, 3.05) is 6.61 Å². The summed E-state index contributed by atoms with van der Waals surface area (Å²) >= 11 is 0. The van der Waals surface area contributed by atoms with E-state index < -0.39 is 0 Å². The third-order valence-electron chi connectivity index (χ3n) is 6.67. The number of esters is 1. The van der Waals surface area contributed by atoms with Gasteiger partial charge in [-0.15, -0.1) is 0 Å². The van der Waals surface area contributed by atoms with Gasteiger partial charge in [0, 0.05) is 12.0 Å². The fourth-order valence-electron chi connectivity index (χ4n) is 6.12. The number of unbranched alkanes of at least 4 members (excludes halogenated alkanes) is 1. The molecule has 0 amide bonds. The van der Waals surface area contributed by atoms with Crippen molar-refractivity contribution >= 4 is 5.97 Å². The molecule has 0 spiro atoms. The van der Waals surface area contributed by atoms with Gasteiger partial charge in [-0.05, 0) is 87.4 Å². The molecule has 23 heavy (non-hydrogen) atoms. The van der Waals surface area contributed by atoms with Gasteiger partial charge in [-0.2, -0.15) is 5.26 Å². The third kappa shape index (κ3) is 3.32. The van der Waals surface area contributed by atoms with E-state index in [4.69, 9.17) is 10.00 Å². The van der Waals surface area contributed by atoms with E-state index in [9.17, 15) is 4.79 Å². The number of nitrogens with zero attached hydrogens (tertiary/aromatic N) is 1. The molecule has 4 saturated carbocycles. The van der Waals surface area contributed by atoms with E-state index in [1.165, 1.54) is 38.5 Å². The molecule has 4 fully saturated rings. The molecular formula is C20H29NO2. The maximum absolute atomic E-state index is 11.7. The first-order valence-electron chi connectivity index (χ1n) is 9.23. The summed E-state index contributed by atoms with van der Waals surface area (Å²) < 4.78 is 5.43. The first kappa shape index (κ1) is 16.6. The van der Waals surface area contributed by atoms with E-state index >= 15 is 0 Å². The van der Waals surface area contributed by atoms with Gasteiger partial charge in [0.2, 0.25) is 0 Å². The average molecular weight is 315 g/mol. The normalized spacial score (nSPS) is 37.4. The summed E-state index contributed by atoms with van der Waals surface area (Å²) in [7, 11) is 0. The highest BCUT2D eigenvalue weighted by atomic mass is 16.5. The van der Waals surface area contributed by atoms with Gasteiger partial charge in [0.15, 0.2) is 0 Å².